The van der Waals surface area contributed by atoms with Crippen LogP contribution in [0.5, 0.6) is 0 Å². The molecule has 0 saturated carbocycles. The first kappa shape index (κ1) is 17.7. The molecular weight excluding hydrogens is 250 g/mol. The minimum Gasteiger partial charge on any atom is -0.480 e. The number of rotatable bonds is 10. The summed E-state index contributed by atoms with van der Waals surface area (Å²) in [7, 11) is 3.92. The molecule has 0 spiro atoms. The molecule has 0 heterocycles. The summed E-state index contributed by atoms with van der Waals surface area (Å²) in [4.78, 5) is 25.6. The van der Waals surface area contributed by atoms with E-state index in [1.54, 1.807) is 0 Å². The first-order valence-corrected chi connectivity index (χ1v) is 6.44. The number of aliphatic carboxylic acids is 1. The average molecular weight is 275 g/mol. The normalized spacial score (nSPS) is 10.5. The van der Waals surface area contributed by atoms with E-state index in [0.717, 1.165) is 13.0 Å². The predicted octanol–water partition coefficient (Wildman–Crippen LogP) is 0.0708. The maximum Gasteiger partial charge on any atom is 0.323 e. The monoisotopic (exact) mass is 275 g/mol. The summed E-state index contributed by atoms with van der Waals surface area (Å²) in [5.74, 6) is -1.01. The molecule has 0 rings (SSSR count). The second-order valence-corrected chi connectivity index (χ2v) is 4.46. The van der Waals surface area contributed by atoms with Gasteiger partial charge in [0, 0.05) is 19.6 Å². The second-order valence-electron chi connectivity index (χ2n) is 4.46. The van der Waals surface area contributed by atoms with Gasteiger partial charge >= 0.3 is 12.0 Å². The molecular formula is C12H25N3O4. The molecule has 7 nitrogen and oxygen atoms in total. The van der Waals surface area contributed by atoms with Crippen molar-refractivity contribution in [1.29, 1.82) is 0 Å². The van der Waals surface area contributed by atoms with Crippen molar-refractivity contribution in [2.75, 3.05) is 53.5 Å². The van der Waals surface area contributed by atoms with E-state index in [-0.39, 0.29) is 12.6 Å². The summed E-state index contributed by atoms with van der Waals surface area (Å²) in [6, 6.07) is -0.361. The minimum absolute atomic E-state index is 0.277. The van der Waals surface area contributed by atoms with Gasteiger partial charge in [0.05, 0.1) is 13.2 Å². The van der Waals surface area contributed by atoms with Gasteiger partial charge in [0.25, 0.3) is 0 Å². The number of ether oxygens (including phenoxy) is 1. The lowest BCUT2D eigenvalue weighted by atomic mass is 10.4. The third-order valence-corrected chi connectivity index (χ3v) is 2.31. The number of amides is 2. The number of hydrogen-bond acceptors (Lipinski definition) is 4. The molecule has 112 valence electrons. The molecule has 0 aliphatic heterocycles. The summed E-state index contributed by atoms with van der Waals surface area (Å²) in [6.07, 6.45) is 0.722. The smallest absolute Gasteiger partial charge is 0.323 e. The maximum absolute atomic E-state index is 11.7. The fourth-order valence-corrected chi connectivity index (χ4v) is 1.38. The summed E-state index contributed by atoms with van der Waals surface area (Å²) >= 11 is 0. The van der Waals surface area contributed by atoms with Crippen LogP contribution in [0.4, 0.5) is 4.79 Å². The Morgan fingerprint density at radius 3 is 2.42 bits per heavy atom. The van der Waals surface area contributed by atoms with Crippen molar-refractivity contribution in [3.63, 3.8) is 0 Å². The SMILES string of the molecule is CCCN(CC(=O)O)C(=O)NCCOCCN(C)C. The van der Waals surface area contributed by atoms with Gasteiger partial charge in [0.1, 0.15) is 6.54 Å². The predicted molar refractivity (Wildman–Crippen MR) is 72.3 cm³/mol. The van der Waals surface area contributed by atoms with Gasteiger partial charge < -0.3 is 25.0 Å². The van der Waals surface area contributed by atoms with Gasteiger partial charge in [-0.1, -0.05) is 6.92 Å². The topological polar surface area (TPSA) is 82.1 Å². The Kier molecular flexibility index (Phi) is 9.82. The third kappa shape index (κ3) is 10.3. The van der Waals surface area contributed by atoms with Crippen molar-refractivity contribution in [2.45, 2.75) is 13.3 Å². The highest BCUT2D eigenvalue weighted by molar-refractivity contribution is 5.80. The summed E-state index contributed by atoms with van der Waals surface area (Å²) in [6.45, 7) is 4.29. The Hall–Kier alpha value is -1.34. The Labute approximate surface area is 114 Å². The standard InChI is InChI=1S/C12H25N3O4/c1-4-6-15(10-11(16)17)12(18)13-5-8-19-9-7-14(2)3/h4-10H2,1-3H3,(H,13,18)(H,16,17). The molecule has 0 aromatic rings. The molecule has 0 aliphatic carbocycles. The number of carboxylic acid groups (broad SMARTS) is 1. The molecule has 0 atom stereocenters. The molecule has 0 aromatic heterocycles. The van der Waals surface area contributed by atoms with Crippen LogP contribution in [0.15, 0.2) is 0 Å². The van der Waals surface area contributed by atoms with E-state index in [4.69, 9.17) is 9.84 Å². The molecule has 7 heteroatoms. The molecule has 0 fully saturated rings. The van der Waals surface area contributed by atoms with Crippen LogP contribution in [-0.2, 0) is 9.53 Å². The van der Waals surface area contributed by atoms with Gasteiger partial charge in [-0.3, -0.25) is 4.79 Å². The quantitative estimate of drug-likeness (QED) is 0.551. The molecule has 19 heavy (non-hydrogen) atoms. The van der Waals surface area contributed by atoms with E-state index in [1.165, 1.54) is 4.90 Å². The van der Waals surface area contributed by atoms with Crippen LogP contribution in [0, 0.1) is 0 Å². The number of hydrogen-bond donors (Lipinski definition) is 2. The number of carbonyl (C=O) groups is 2. The van der Waals surface area contributed by atoms with E-state index in [2.05, 4.69) is 5.32 Å². The number of nitrogens with one attached hydrogen (secondary N) is 1. The third-order valence-electron chi connectivity index (χ3n) is 2.31. The summed E-state index contributed by atoms with van der Waals surface area (Å²) < 4.78 is 5.32. The van der Waals surface area contributed by atoms with Gasteiger partial charge in [-0.25, -0.2) is 4.79 Å². The zero-order valence-corrected chi connectivity index (χ0v) is 12.0. The first-order chi connectivity index (χ1) is 8.97. The highest BCUT2D eigenvalue weighted by Gasteiger charge is 2.14. The fourth-order valence-electron chi connectivity index (χ4n) is 1.38. The van der Waals surface area contributed by atoms with Crippen LogP contribution in [0.2, 0.25) is 0 Å². The zero-order valence-electron chi connectivity index (χ0n) is 12.0. The lowest BCUT2D eigenvalue weighted by molar-refractivity contribution is -0.137. The Bertz CT molecular complexity index is 272. The van der Waals surface area contributed by atoms with Crippen molar-refractivity contribution in [3.05, 3.63) is 0 Å². The van der Waals surface area contributed by atoms with Crippen LogP contribution in [0.25, 0.3) is 0 Å². The van der Waals surface area contributed by atoms with E-state index in [1.807, 2.05) is 25.9 Å². The van der Waals surface area contributed by atoms with Gasteiger partial charge in [0.15, 0.2) is 0 Å². The molecule has 0 aliphatic rings. The van der Waals surface area contributed by atoms with Gasteiger partial charge in [-0.05, 0) is 20.5 Å². The van der Waals surface area contributed by atoms with Crippen LogP contribution in [0.3, 0.4) is 0 Å². The highest BCUT2D eigenvalue weighted by Crippen LogP contribution is 1.92. The Morgan fingerprint density at radius 2 is 1.89 bits per heavy atom. The average Bonchev–Trinajstić information content (AvgIpc) is 2.31. The van der Waals surface area contributed by atoms with E-state index in [9.17, 15) is 9.59 Å². The number of carboxylic acids is 1. The van der Waals surface area contributed by atoms with E-state index in [0.29, 0.717) is 26.3 Å². The molecule has 0 bridgehead atoms. The number of nitrogens with zero attached hydrogens (tertiary/aromatic N) is 2. The van der Waals surface area contributed by atoms with Crippen molar-refractivity contribution < 1.29 is 19.4 Å². The number of urea groups is 1. The molecule has 0 aromatic carbocycles. The van der Waals surface area contributed by atoms with Gasteiger partial charge in [-0.2, -0.15) is 0 Å². The van der Waals surface area contributed by atoms with Crippen LogP contribution in [0.1, 0.15) is 13.3 Å². The van der Waals surface area contributed by atoms with Crippen LogP contribution in [-0.4, -0.2) is 80.4 Å². The van der Waals surface area contributed by atoms with Crippen molar-refractivity contribution in [3.8, 4) is 0 Å². The minimum atomic E-state index is -1.01. The first-order valence-electron chi connectivity index (χ1n) is 6.44. The largest absolute Gasteiger partial charge is 0.480 e. The van der Waals surface area contributed by atoms with E-state index < -0.39 is 5.97 Å². The van der Waals surface area contributed by atoms with Crippen LogP contribution >= 0.6 is 0 Å². The van der Waals surface area contributed by atoms with Crippen LogP contribution < -0.4 is 5.32 Å². The van der Waals surface area contributed by atoms with E-state index >= 15 is 0 Å². The lowest BCUT2D eigenvalue weighted by Crippen LogP contribution is -2.44. The molecule has 0 radical (unpaired) electrons. The summed E-state index contributed by atoms with van der Waals surface area (Å²) in [5, 5.41) is 11.3. The number of carbonyl (C=O) groups excluding carboxylic acids is 1. The zero-order chi connectivity index (χ0) is 14.7. The Morgan fingerprint density at radius 1 is 1.21 bits per heavy atom. The fraction of sp³-hybridized carbons (Fsp3) is 0.833. The molecule has 2 amide bonds. The van der Waals surface area contributed by atoms with Gasteiger partial charge in [0.2, 0.25) is 0 Å². The lowest BCUT2D eigenvalue weighted by Gasteiger charge is -2.20. The maximum atomic E-state index is 11.7. The highest BCUT2D eigenvalue weighted by atomic mass is 16.5. The molecule has 0 saturated heterocycles. The summed E-state index contributed by atoms with van der Waals surface area (Å²) in [5.41, 5.74) is 0. The molecule has 2 N–H and O–H groups in total. The number of likely N-dealkylation sites (N-methyl/N-ethyl adjacent to an activating group) is 1. The van der Waals surface area contributed by atoms with Crippen molar-refractivity contribution in [1.82, 2.24) is 15.1 Å². The molecule has 0 unspecified atom stereocenters. The van der Waals surface area contributed by atoms with Crippen molar-refractivity contribution >= 4 is 12.0 Å². The van der Waals surface area contributed by atoms with Crippen molar-refractivity contribution in [2.24, 2.45) is 0 Å². The van der Waals surface area contributed by atoms with Gasteiger partial charge in [-0.15, -0.1) is 0 Å². The Balaban J connectivity index is 3.77. The second kappa shape index (κ2) is 10.6.